The summed E-state index contributed by atoms with van der Waals surface area (Å²) in [6.45, 7) is 5.45. The number of carbonyl (C=O) groups excluding carboxylic acids is 3. The van der Waals surface area contributed by atoms with Crippen molar-refractivity contribution < 1.29 is 14.4 Å². The Morgan fingerprint density at radius 2 is 1.79 bits per heavy atom. The molecule has 1 unspecified atom stereocenters. The highest BCUT2D eigenvalue weighted by Gasteiger charge is 2.22. The highest BCUT2D eigenvalue weighted by atomic mass is 16.2. The standard InChI is InChI=1S/C12H24N4O3/c1-7(2)10(13)11(18)16-9(8(3)17)5-4-6-15-12(14)19/h7,9-10H,4-6,13H2,1-3H3,(H,16,18)(H3,14,15,19)/t9-,10?/m0/s1. The molecule has 2 atom stereocenters. The van der Waals surface area contributed by atoms with E-state index in [4.69, 9.17) is 11.5 Å². The van der Waals surface area contributed by atoms with Gasteiger partial charge in [0.1, 0.15) is 0 Å². The van der Waals surface area contributed by atoms with E-state index >= 15 is 0 Å². The molecule has 110 valence electrons. The molecule has 0 aromatic carbocycles. The fourth-order valence-corrected chi connectivity index (χ4v) is 1.47. The van der Waals surface area contributed by atoms with E-state index in [1.807, 2.05) is 13.8 Å². The van der Waals surface area contributed by atoms with E-state index in [0.717, 1.165) is 0 Å². The fourth-order valence-electron chi connectivity index (χ4n) is 1.47. The molecular formula is C12H24N4O3. The smallest absolute Gasteiger partial charge is 0.312 e. The molecule has 19 heavy (non-hydrogen) atoms. The Bertz CT molecular complexity index is 331. The minimum atomic E-state index is -0.634. The number of ketones is 1. The van der Waals surface area contributed by atoms with Crippen molar-refractivity contribution in [3.05, 3.63) is 0 Å². The quantitative estimate of drug-likeness (QED) is 0.444. The molecular weight excluding hydrogens is 248 g/mol. The summed E-state index contributed by atoms with van der Waals surface area (Å²) in [4.78, 5) is 33.7. The van der Waals surface area contributed by atoms with Crippen LogP contribution in [0.2, 0.25) is 0 Å². The Balaban J connectivity index is 4.23. The number of primary amides is 1. The molecule has 0 rings (SSSR count). The molecule has 0 saturated heterocycles. The lowest BCUT2D eigenvalue weighted by Crippen LogP contribution is -2.50. The van der Waals surface area contributed by atoms with Crippen LogP contribution >= 0.6 is 0 Å². The summed E-state index contributed by atoms with van der Waals surface area (Å²) in [6, 6.07) is -1.82. The zero-order chi connectivity index (χ0) is 15.0. The fraction of sp³-hybridized carbons (Fsp3) is 0.750. The van der Waals surface area contributed by atoms with E-state index < -0.39 is 18.1 Å². The van der Waals surface area contributed by atoms with Gasteiger partial charge in [0, 0.05) is 6.54 Å². The van der Waals surface area contributed by atoms with Crippen LogP contribution < -0.4 is 22.1 Å². The van der Waals surface area contributed by atoms with Gasteiger partial charge in [-0.05, 0) is 25.7 Å². The third-order valence-corrected chi connectivity index (χ3v) is 2.80. The normalized spacial score (nSPS) is 13.7. The van der Waals surface area contributed by atoms with Crippen LogP contribution in [0.3, 0.4) is 0 Å². The predicted molar refractivity (Wildman–Crippen MR) is 72.2 cm³/mol. The molecule has 0 aliphatic carbocycles. The number of rotatable bonds is 8. The third kappa shape index (κ3) is 7.40. The van der Waals surface area contributed by atoms with Gasteiger partial charge in [-0.3, -0.25) is 9.59 Å². The molecule has 0 aromatic heterocycles. The van der Waals surface area contributed by atoms with E-state index in [2.05, 4.69) is 10.6 Å². The van der Waals surface area contributed by atoms with Crippen molar-refractivity contribution in [2.24, 2.45) is 17.4 Å². The molecule has 0 spiro atoms. The first-order valence-corrected chi connectivity index (χ1v) is 6.35. The zero-order valence-corrected chi connectivity index (χ0v) is 11.7. The first-order chi connectivity index (χ1) is 8.75. The molecule has 6 N–H and O–H groups in total. The van der Waals surface area contributed by atoms with Crippen LogP contribution in [0.15, 0.2) is 0 Å². The van der Waals surface area contributed by atoms with Gasteiger partial charge in [-0.2, -0.15) is 0 Å². The van der Waals surface area contributed by atoms with Crippen molar-refractivity contribution >= 4 is 17.7 Å². The summed E-state index contributed by atoms with van der Waals surface area (Å²) in [5, 5.41) is 5.05. The van der Waals surface area contributed by atoms with Crippen LogP contribution in [0.25, 0.3) is 0 Å². The Kier molecular flexibility index (Phi) is 7.74. The number of carbonyl (C=O) groups is 3. The lowest BCUT2D eigenvalue weighted by atomic mass is 10.0. The average Bonchev–Trinajstić information content (AvgIpc) is 2.30. The molecule has 0 saturated carbocycles. The van der Waals surface area contributed by atoms with Gasteiger partial charge in [0.2, 0.25) is 5.91 Å². The van der Waals surface area contributed by atoms with Gasteiger partial charge in [0.05, 0.1) is 12.1 Å². The number of amides is 3. The lowest BCUT2D eigenvalue weighted by molar-refractivity contribution is -0.128. The monoisotopic (exact) mass is 272 g/mol. The molecule has 0 aliphatic rings. The van der Waals surface area contributed by atoms with Crippen LogP contribution in [0.5, 0.6) is 0 Å². The highest BCUT2D eigenvalue weighted by molar-refractivity contribution is 5.89. The van der Waals surface area contributed by atoms with Gasteiger partial charge in [0.15, 0.2) is 5.78 Å². The van der Waals surface area contributed by atoms with E-state index in [9.17, 15) is 14.4 Å². The van der Waals surface area contributed by atoms with E-state index in [0.29, 0.717) is 19.4 Å². The molecule has 7 nitrogen and oxygen atoms in total. The first-order valence-electron chi connectivity index (χ1n) is 6.35. The molecule has 0 radical (unpaired) electrons. The van der Waals surface area contributed by atoms with Gasteiger partial charge in [-0.25, -0.2) is 4.79 Å². The van der Waals surface area contributed by atoms with Crippen LogP contribution in [-0.4, -0.2) is 36.3 Å². The van der Waals surface area contributed by atoms with Crippen molar-refractivity contribution in [1.82, 2.24) is 10.6 Å². The van der Waals surface area contributed by atoms with Crippen molar-refractivity contribution in [1.29, 1.82) is 0 Å². The third-order valence-electron chi connectivity index (χ3n) is 2.80. The summed E-state index contributed by atoms with van der Waals surface area (Å²) in [6.07, 6.45) is 0.983. The summed E-state index contributed by atoms with van der Waals surface area (Å²) in [7, 11) is 0. The van der Waals surface area contributed by atoms with Crippen LogP contribution in [0, 0.1) is 5.92 Å². The summed E-state index contributed by atoms with van der Waals surface area (Å²) in [5.41, 5.74) is 10.6. The number of nitrogens with two attached hydrogens (primary N) is 2. The lowest BCUT2D eigenvalue weighted by Gasteiger charge is -2.20. The first kappa shape index (κ1) is 17.4. The predicted octanol–water partition coefficient (Wildman–Crippen LogP) is -0.508. The Morgan fingerprint density at radius 1 is 1.21 bits per heavy atom. The van der Waals surface area contributed by atoms with Gasteiger partial charge in [-0.15, -0.1) is 0 Å². The number of Topliss-reactive ketones (excluding diaryl/α,β-unsaturated/α-hetero) is 1. The second kappa shape index (κ2) is 8.47. The Hall–Kier alpha value is -1.63. The molecule has 7 heteroatoms. The highest BCUT2D eigenvalue weighted by Crippen LogP contribution is 2.02. The number of hydrogen-bond donors (Lipinski definition) is 4. The number of nitrogens with one attached hydrogen (secondary N) is 2. The SMILES string of the molecule is CC(=O)[C@H](CCCNC(N)=O)NC(=O)C(N)C(C)C. The van der Waals surface area contributed by atoms with Crippen LogP contribution in [0.4, 0.5) is 4.79 Å². The minimum absolute atomic E-state index is 0.00383. The van der Waals surface area contributed by atoms with Crippen LogP contribution in [-0.2, 0) is 9.59 Å². The molecule has 0 aliphatic heterocycles. The Morgan fingerprint density at radius 3 is 2.21 bits per heavy atom. The minimum Gasteiger partial charge on any atom is -0.352 e. The molecule has 0 bridgehead atoms. The van der Waals surface area contributed by atoms with Crippen molar-refractivity contribution in [3.8, 4) is 0 Å². The molecule has 0 heterocycles. The maximum Gasteiger partial charge on any atom is 0.312 e. The van der Waals surface area contributed by atoms with E-state index in [1.165, 1.54) is 6.92 Å². The molecule has 3 amide bonds. The topological polar surface area (TPSA) is 127 Å². The molecule has 0 fully saturated rings. The van der Waals surface area contributed by atoms with Gasteiger partial charge in [-0.1, -0.05) is 13.8 Å². The van der Waals surface area contributed by atoms with Gasteiger partial charge < -0.3 is 22.1 Å². The number of urea groups is 1. The Labute approximate surface area is 113 Å². The second-order valence-corrected chi connectivity index (χ2v) is 4.87. The van der Waals surface area contributed by atoms with Crippen molar-refractivity contribution in [2.75, 3.05) is 6.54 Å². The van der Waals surface area contributed by atoms with E-state index in [-0.39, 0.29) is 17.6 Å². The van der Waals surface area contributed by atoms with Gasteiger partial charge in [0.25, 0.3) is 0 Å². The zero-order valence-electron chi connectivity index (χ0n) is 11.7. The van der Waals surface area contributed by atoms with Crippen LogP contribution in [0.1, 0.15) is 33.6 Å². The molecule has 0 aromatic rings. The summed E-state index contributed by atoms with van der Waals surface area (Å²) in [5.74, 6) is -0.467. The maximum absolute atomic E-state index is 11.8. The number of hydrogen-bond acceptors (Lipinski definition) is 4. The summed E-state index contributed by atoms with van der Waals surface area (Å²) >= 11 is 0. The van der Waals surface area contributed by atoms with E-state index in [1.54, 1.807) is 0 Å². The second-order valence-electron chi connectivity index (χ2n) is 4.87. The summed E-state index contributed by atoms with van der Waals surface area (Å²) < 4.78 is 0. The van der Waals surface area contributed by atoms with Gasteiger partial charge >= 0.3 is 6.03 Å². The average molecular weight is 272 g/mol. The maximum atomic E-state index is 11.8. The van der Waals surface area contributed by atoms with Crippen molar-refractivity contribution in [3.63, 3.8) is 0 Å². The van der Waals surface area contributed by atoms with Crippen molar-refractivity contribution in [2.45, 2.75) is 45.7 Å². The largest absolute Gasteiger partial charge is 0.352 e.